The van der Waals surface area contributed by atoms with E-state index >= 15 is 0 Å². The van der Waals surface area contributed by atoms with Gasteiger partial charge in [-0.2, -0.15) is 0 Å². The third-order valence-electron chi connectivity index (χ3n) is 3.75. The van der Waals surface area contributed by atoms with E-state index in [4.69, 9.17) is 11.6 Å². The van der Waals surface area contributed by atoms with Gasteiger partial charge in [0.1, 0.15) is 5.82 Å². The molecule has 0 spiro atoms. The first-order valence-electron chi connectivity index (χ1n) is 7.43. The summed E-state index contributed by atoms with van der Waals surface area (Å²) in [5, 5.41) is 3.61. The smallest absolute Gasteiger partial charge is 0.147 e. The van der Waals surface area contributed by atoms with Crippen molar-refractivity contribution in [3.05, 3.63) is 33.0 Å². The molecule has 0 radical (unpaired) electrons. The van der Waals surface area contributed by atoms with Gasteiger partial charge in [-0.05, 0) is 40.9 Å². The summed E-state index contributed by atoms with van der Waals surface area (Å²) in [6.45, 7) is 7.23. The molecular weight excluding hydrogens is 341 g/mol. The minimum absolute atomic E-state index is 0.0298. The van der Waals surface area contributed by atoms with Crippen molar-refractivity contribution in [1.29, 1.82) is 0 Å². The highest BCUT2D eigenvalue weighted by Crippen LogP contribution is 2.35. The Hall–Kier alpha value is -0.120. The molecule has 114 valence electrons. The van der Waals surface area contributed by atoms with Gasteiger partial charge in [0.15, 0.2) is 0 Å². The summed E-state index contributed by atoms with van der Waals surface area (Å²) < 4.78 is 15.1. The molecule has 1 aromatic rings. The van der Waals surface area contributed by atoms with Gasteiger partial charge in [0.2, 0.25) is 0 Å². The van der Waals surface area contributed by atoms with Crippen LogP contribution in [0.5, 0.6) is 0 Å². The highest BCUT2D eigenvalue weighted by molar-refractivity contribution is 9.10. The van der Waals surface area contributed by atoms with Crippen molar-refractivity contribution < 1.29 is 4.39 Å². The number of benzene rings is 1. The van der Waals surface area contributed by atoms with Crippen molar-refractivity contribution in [2.45, 2.75) is 52.5 Å². The van der Waals surface area contributed by atoms with Gasteiger partial charge in [-0.1, -0.05) is 57.7 Å². The number of rotatable bonds is 8. The Morgan fingerprint density at radius 2 is 2.00 bits per heavy atom. The van der Waals surface area contributed by atoms with E-state index in [1.807, 2.05) is 12.1 Å². The van der Waals surface area contributed by atoms with E-state index in [9.17, 15) is 4.39 Å². The quantitative estimate of drug-likeness (QED) is 0.549. The normalized spacial score (nSPS) is 14.3. The average molecular weight is 365 g/mol. The summed E-state index contributed by atoms with van der Waals surface area (Å²) in [5.74, 6) is 0.128. The molecule has 0 fully saturated rings. The lowest BCUT2D eigenvalue weighted by molar-refractivity contribution is 0.320. The Kier molecular flexibility index (Phi) is 8.08. The summed E-state index contributed by atoms with van der Waals surface area (Å²) in [5.41, 5.74) is 0.683. The van der Waals surface area contributed by atoms with Crippen molar-refractivity contribution >= 4 is 27.5 Å². The predicted octanol–water partition coefficient (Wildman–Crippen LogP) is 6.11. The summed E-state index contributed by atoms with van der Waals surface area (Å²) in [6, 6.07) is 3.70. The van der Waals surface area contributed by atoms with E-state index < -0.39 is 0 Å². The fourth-order valence-electron chi connectivity index (χ4n) is 2.60. The maximum absolute atomic E-state index is 14.5. The van der Waals surface area contributed by atoms with Crippen LogP contribution in [0.15, 0.2) is 16.6 Å². The number of hydrogen-bond donors (Lipinski definition) is 1. The Morgan fingerprint density at radius 3 is 2.55 bits per heavy atom. The topological polar surface area (TPSA) is 12.0 Å². The molecule has 2 atom stereocenters. The average Bonchev–Trinajstić information content (AvgIpc) is 2.45. The number of nitrogens with one attached hydrogen (secondary N) is 1. The third kappa shape index (κ3) is 4.44. The molecule has 0 aliphatic heterocycles. The summed E-state index contributed by atoms with van der Waals surface area (Å²) in [6.07, 6.45) is 4.48. The summed E-state index contributed by atoms with van der Waals surface area (Å²) in [7, 11) is 0. The fraction of sp³-hybridized carbons (Fsp3) is 0.625. The molecular formula is C16H24BrClFN. The largest absolute Gasteiger partial charge is 0.310 e. The fourth-order valence-corrected chi connectivity index (χ4v) is 3.08. The van der Waals surface area contributed by atoms with E-state index in [-0.39, 0.29) is 16.9 Å². The first-order chi connectivity index (χ1) is 9.56. The SMILES string of the molecule is CCCCC(CC)C(NCC)c1ccc(Br)c(Cl)c1F. The van der Waals surface area contributed by atoms with Crippen LogP contribution in [0.2, 0.25) is 5.02 Å². The van der Waals surface area contributed by atoms with Crippen LogP contribution in [0.4, 0.5) is 4.39 Å². The first-order valence-corrected chi connectivity index (χ1v) is 8.60. The van der Waals surface area contributed by atoms with Crippen LogP contribution in [-0.2, 0) is 0 Å². The van der Waals surface area contributed by atoms with Gasteiger partial charge in [-0.15, -0.1) is 0 Å². The zero-order chi connectivity index (χ0) is 15.1. The van der Waals surface area contributed by atoms with E-state index in [0.29, 0.717) is 16.0 Å². The van der Waals surface area contributed by atoms with Crippen LogP contribution in [0.1, 0.15) is 58.1 Å². The lowest BCUT2D eigenvalue weighted by Gasteiger charge is -2.28. The molecule has 0 aromatic heterocycles. The second-order valence-electron chi connectivity index (χ2n) is 5.11. The van der Waals surface area contributed by atoms with Crippen molar-refractivity contribution in [3.8, 4) is 0 Å². The molecule has 0 saturated heterocycles. The van der Waals surface area contributed by atoms with Crippen molar-refractivity contribution in [2.24, 2.45) is 5.92 Å². The van der Waals surface area contributed by atoms with Crippen LogP contribution >= 0.6 is 27.5 Å². The highest BCUT2D eigenvalue weighted by atomic mass is 79.9. The van der Waals surface area contributed by atoms with Gasteiger partial charge in [-0.25, -0.2) is 4.39 Å². The lowest BCUT2D eigenvalue weighted by Crippen LogP contribution is -2.29. The van der Waals surface area contributed by atoms with Gasteiger partial charge in [-0.3, -0.25) is 0 Å². The first kappa shape index (κ1) is 17.9. The summed E-state index contributed by atoms with van der Waals surface area (Å²) in [4.78, 5) is 0. The van der Waals surface area contributed by atoms with Crippen molar-refractivity contribution in [3.63, 3.8) is 0 Å². The lowest BCUT2D eigenvalue weighted by atomic mass is 9.86. The molecule has 20 heavy (non-hydrogen) atoms. The molecule has 0 heterocycles. The Labute approximate surface area is 135 Å². The monoisotopic (exact) mass is 363 g/mol. The number of unbranched alkanes of at least 4 members (excludes halogenated alkanes) is 1. The molecule has 1 rings (SSSR count). The zero-order valence-corrected chi connectivity index (χ0v) is 14.8. The minimum Gasteiger partial charge on any atom is -0.310 e. The van der Waals surface area contributed by atoms with E-state index in [1.165, 1.54) is 12.8 Å². The molecule has 1 N–H and O–H groups in total. The molecule has 0 aliphatic rings. The standard InChI is InChI=1S/C16H24BrClFN/c1-4-7-8-11(5-2)16(20-6-3)12-9-10-13(17)14(18)15(12)19/h9-11,16,20H,4-8H2,1-3H3. The molecule has 0 bridgehead atoms. The van der Waals surface area contributed by atoms with E-state index in [0.717, 1.165) is 19.4 Å². The van der Waals surface area contributed by atoms with Crippen LogP contribution in [0, 0.1) is 11.7 Å². The van der Waals surface area contributed by atoms with Crippen molar-refractivity contribution in [1.82, 2.24) is 5.32 Å². The van der Waals surface area contributed by atoms with Crippen molar-refractivity contribution in [2.75, 3.05) is 6.54 Å². The third-order valence-corrected chi connectivity index (χ3v) is 5.01. The van der Waals surface area contributed by atoms with Gasteiger partial charge >= 0.3 is 0 Å². The summed E-state index contributed by atoms with van der Waals surface area (Å²) >= 11 is 9.30. The van der Waals surface area contributed by atoms with Gasteiger partial charge < -0.3 is 5.32 Å². The Bertz CT molecular complexity index is 425. The highest BCUT2D eigenvalue weighted by Gasteiger charge is 2.25. The van der Waals surface area contributed by atoms with Gasteiger partial charge in [0, 0.05) is 16.1 Å². The zero-order valence-electron chi connectivity index (χ0n) is 12.5. The van der Waals surface area contributed by atoms with Crippen LogP contribution in [0.25, 0.3) is 0 Å². The van der Waals surface area contributed by atoms with Gasteiger partial charge in [0.05, 0.1) is 5.02 Å². The second kappa shape index (κ2) is 9.01. The molecule has 1 nitrogen and oxygen atoms in total. The number of halogens is 3. The second-order valence-corrected chi connectivity index (χ2v) is 6.34. The molecule has 2 unspecified atom stereocenters. The molecule has 1 aromatic carbocycles. The maximum atomic E-state index is 14.5. The van der Waals surface area contributed by atoms with E-state index in [1.54, 1.807) is 0 Å². The van der Waals surface area contributed by atoms with Gasteiger partial charge in [0.25, 0.3) is 0 Å². The Balaban J connectivity index is 3.08. The Morgan fingerprint density at radius 1 is 1.30 bits per heavy atom. The minimum atomic E-state index is -0.304. The molecule has 0 saturated carbocycles. The van der Waals surface area contributed by atoms with E-state index in [2.05, 4.69) is 42.0 Å². The van der Waals surface area contributed by atoms with Crippen LogP contribution in [0.3, 0.4) is 0 Å². The molecule has 0 amide bonds. The van der Waals surface area contributed by atoms with Crippen LogP contribution in [-0.4, -0.2) is 6.54 Å². The molecule has 4 heteroatoms. The predicted molar refractivity (Wildman–Crippen MR) is 88.8 cm³/mol. The number of hydrogen-bond acceptors (Lipinski definition) is 1. The molecule has 0 aliphatic carbocycles. The maximum Gasteiger partial charge on any atom is 0.147 e. The van der Waals surface area contributed by atoms with Crippen LogP contribution < -0.4 is 5.32 Å².